The highest BCUT2D eigenvalue weighted by atomic mass is 32.1. The van der Waals surface area contributed by atoms with Crippen LogP contribution in [0.1, 0.15) is 114 Å². The zero-order valence-electron chi connectivity index (χ0n) is 41.9. The molecule has 9 aromatic rings. The van der Waals surface area contributed by atoms with Gasteiger partial charge in [-0.2, -0.15) is 22.5 Å². The maximum absolute atomic E-state index is 4.60. The van der Waals surface area contributed by atoms with Crippen LogP contribution in [-0.4, -0.2) is 73.3 Å². The summed E-state index contributed by atoms with van der Waals surface area (Å²) in [5, 5.41) is 22.9. The maximum atomic E-state index is 4.60. The van der Waals surface area contributed by atoms with E-state index < -0.39 is 0 Å². The Hall–Kier alpha value is -5.01. The fourth-order valence-electron chi connectivity index (χ4n) is 3.94. The number of hydrogen-bond donors (Lipinski definition) is 0. The third-order valence-corrected chi connectivity index (χ3v) is 13.0. The van der Waals surface area contributed by atoms with Gasteiger partial charge in [0.05, 0.1) is 55.2 Å². The van der Waals surface area contributed by atoms with Gasteiger partial charge < -0.3 is 13.6 Å². The van der Waals surface area contributed by atoms with Crippen molar-refractivity contribution >= 4 is 68.8 Å². The van der Waals surface area contributed by atoms with Gasteiger partial charge in [0.2, 0.25) is 5.89 Å². The molecule has 0 aliphatic heterocycles. The van der Waals surface area contributed by atoms with Crippen molar-refractivity contribution in [3.05, 3.63) is 114 Å². The van der Waals surface area contributed by atoms with Crippen molar-refractivity contribution in [3.63, 3.8) is 0 Å². The molecular weight excluding hydrogens is 955 g/mol. The molecule has 9 aromatic heterocycles. The minimum absolute atomic E-state index is 0.623. The van der Waals surface area contributed by atoms with E-state index in [2.05, 4.69) is 108 Å². The van der Waals surface area contributed by atoms with Gasteiger partial charge in [0, 0.05) is 32.1 Å². The average molecular weight is 1020 g/mol. The minimum Gasteiger partial charge on any atom is -0.342 e. The molecule has 66 heavy (non-hydrogen) atoms. The molecule has 0 N–H and O–H groups in total. The number of aromatic nitrogens is 15. The second-order valence-corrected chi connectivity index (χ2v) is 20.6. The van der Waals surface area contributed by atoms with Crippen molar-refractivity contribution in [2.24, 2.45) is 0 Å². The molecule has 0 amide bonds. The zero-order chi connectivity index (χ0) is 50.1. The van der Waals surface area contributed by atoms with Crippen LogP contribution in [0.3, 0.4) is 0 Å². The van der Waals surface area contributed by atoms with E-state index in [4.69, 9.17) is 0 Å². The molecule has 9 rings (SSSR count). The van der Waals surface area contributed by atoms with Gasteiger partial charge in [-0.05, 0) is 162 Å². The Morgan fingerprint density at radius 3 is 0.742 bits per heavy atom. The molecule has 0 saturated heterocycles. The van der Waals surface area contributed by atoms with E-state index in [0.29, 0.717) is 11.7 Å². The monoisotopic (exact) mass is 1020 g/mol. The molecule has 0 bridgehead atoms. The summed E-state index contributed by atoms with van der Waals surface area (Å²) in [5.74, 6) is 4.65. The van der Waals surface area contributed by atoms with E-state index in [1.165, 1.54) is 81.5 Å². The first kappa shape index (κ1) is 59.0. The van der Waals surface area contributed by atoms with E-state index in [1.54, 1.807) is 47.9 Å². The molecule has 24 heteroatoms. The van der Waals surface area contributed by atoms with Gasteiger partial charge in [0.1, 0.15) is 33.1 Å². The predicted octanol–water partition coefficient (Wildman–Crippen LogP) is 11.7. The largest absolute Gasteiger partial charge is 0.342 e. The van der Waals surface area contributed by atoms with Crippen molar-refractivity contribution in [1.29, 1.82) is 0 Å². The van der Waals surface area contributed by atoms with Gasteiger partial charge in [-0.1, -0.05) is 5.16 Å². The fourth-order valence-corrected chi connectivity index (χ4v) is 7.90. The third kappa shape index (κ3) is 25.6. The molecule has 0 atom stereocenters. The Morgan fingerprint density at radius 1 is 0.318 bits per heavy atom. The van der Waals surface area contributed by atoms with Gasteiger partial charge in [0.25, 0.3) is 0 Å². The molecule has 9 heterocycles. The summed E-state index contributed by atoms with van der Waals surface area (Å²) in [4.78, 5) is 28.6. The first-order valence-electron chi connectivity index (χ1n) is 20.2. The van der Waals surface area contributed by atoms with Crippen LogP contribution in [-0.2, 0) is 0 Å². The zero-order valence-corrected chi connectivity index (χ0v) is 46.8. The average Bonchev–Trinajstić information content (AvgIpc) is 4.15. The SMILES string of the molecule is Cc1nc(C)c(C)s1.Cc1nc(C)c(C)s1.Cc1nc(C)c(C)s1.Cc1nnoc1C.Cc1nnoc1C.Cc1noc(C)n1.Cc1nsc(C)n1.Cc1nsc(C)n1.Cc1nsnc1C. The molecule has 0 aliphatic carbocycles. The molecule has 18 nitrogen and oxygen atoms in total. The van der Waals surface area contributed by atoms with Gasteiger partial charge in [0.15, 0.2) is 17.3 Å². The summed E-state index contributed by atoms with van der Waals surface area (Å²) in [6.45, 7) is 41.0. The van der Waals surface area contributed by atoms with Crippen molar-refractivity contribution in [2.75, 3.05) is 0 Å². The van der Waals surface area contributed by atoms with Crippen molar-refractivity contribution in [2.45, 2.75) is 145 Å². The van der Waals surface area contributed by atoms with Crippen LogP contribution >= 0.6 is 68.8 Å². The molecule has 0 radical (unpaired) electrons. The lowest BCUT2D eigenvalue weighted by Gasteiger charge is -1.77. The maximum Gasteiger partial charge on any atom is 0.223 e. The standard InChI is InChI=1S/3C6H9NS.3C4H6N2O.3C4H6N2S/c3*1-4-5(2)8-6(3)7-4;1-3-5-4(2)7-6-3;2*1-3-4(2)7-6-5-3;2*1-3-5-4(2)7-6-3;1-3-4(2)6-7-5-3/h3*1-3H3;6*1-2H3. The molecule has 0 saturated carbocycles. The second-order valence-electron chi connectivity index (χ2n) is 14.0. The second kappa shape index (κ2) is 31.1. The van der Waals surface area contributed by atoms with E-state index in [1.807, 2.05) is 111 Å². The van der Waals surface area contributed by atoms with Crippen LogP contribution in [0, 0.1) is 145 Å². The molecule has 0 unspecified atom stereocenters. The van der Waals surface area contributed by atoms with E-state index in [-0.39, 0.29) is 0 Å². The molecule has 0 fully saturated rings. The number of aryl methyl sites for hydroxylation is 21. The highest BCUT2D eigenvalue weighted by molar-refractivity contribution is 7.12. The summed E-state index contributed by atoms with van der Waals surface area (Å²) >= 11 is 9.43. The lowest BCUT2D eigenvalue weighted by molar-refractivity contribution is 0.373. The summed E-state index contributed by atoms with van der Waals surface area (Å²) in [5.41, 5.74) is 7.34. The number of rotatable bonds is 0. The Labute approximate surface area is 412 Å². The molecule has 0 aliphatic rings. The van der Waals surface area contributed by atoms with E-state index in [9.17, 15) is 0 Å². The highest BCUT2D eigenvalue weighted by Gasteiger charge is 1.98. The molecular formula is C42H63N15O3S6. The van der Waals surface area contributed by atoms with Gasteiger partial charge >= 0.3 is 0 Å². The van der Waals surface area contributed by atoms with Crippen LogP contribution in [0.4, 0.5) is 0 Å². The van der Waals surface area contributed by atoms with Crippen LogP contribution in [0.25, 0.3) is 0 Å². The summed E-state index contributed by atoms with van der Waals surface area (Å²) < 4.78 is 29.6. The first-order valence-corrected chi connectivity index (χ1v) is 24.9. The minimum atomic E-state index is 0.623. The number of nitrogens with zero attached hydrogens (tertiary/aromatic N) is 15. The van der Waals surface area contributed by atoms with E-state index >= 15 is 0 Å². The van der Waals surface area contributed by atoms with Crippen molar-refractivity contribution < 1.29 is 13.6 Å². The fraction of sp³-hybridized carbons (Fsp3) is 0.500. The lowest BCUT2D eigenvalue weighted by atomic mass is 10.4. The van der Waals surface area contributed by atoms with Gasteiger partial charge in [-0.15, -0.1) is 44.2 Å². The Kier molecular flexibility index (Phi) is 27.8. The summed E-state index contributed by atoms with van der Waals surface area (Å²) in [6, 6.07) is 0. The first-order chi connectivity index (χ1) is 30.9. The van der Waals surface area contributed by atoms with Crippen molar-refractivity contribution in [1.82, 2.24) is 73.3 Å². The lowest BCUT2D eigenvalue weighted by Crippen LogP contribution is -1.71. The highest BCUT2D eigenvalue weighted by Crippen LogP contribution is 2.16. The van der Waals surface area contributed by atoms with Crippen LogP contribution in [0.15, 0.2) is 13.6 Å². The smallest absolute Gasteiger partial charge is 0.223 e. The van der Waals surface area contributed by atoms with Crippen LogP contribution in [0.2, 0.25) is 0 Å². The molecule has 360 valence electrons. The van der Waals surface area contributed by atoms with Crippen LogP contribution in [0.5, 0.6) is 0 Å². The summed E-state index contributed by atoms with van der Waals surface area (Å²) in [6.07, 6.45) is 0. The summed E-state index contributed by atoms with van der Waals surface area (Å²) in [7, 11) is 0. The topological polar surface area (TPSA) is 233 Å². The Morgan fingerprint density at radius 2 is 0.667 bits per heavy atom. The van der Waals surface area contributed by atoms with Gasteiger partial charge in [-0.3, -0.25) is 0 Å². The third-order valence-electron chi connectivity index (χ3n) is 7.93. The van der Waals surface area contributed by atoms with E-state index in [0.717, 1.165) is 56.0 Å². The van der Waals surface area contributed by atoms with Crippen molar-refractivity contribution in [3.8, 4) is 0 Å². The number of thiazole rings is 3. The quantitative estimate of drug-likeness (QED) is 0.137. The molecule has 0 spiro atoms. The Balaban J connectivity index is 0.000000371. The van der Waals surface area contributed by atoms with Gasteiger partial charge in [-0.25, -0.2) is 24.9 Å². The normalized spacial score (nSPS) is 9.59. The van der Waals surface area contributed by atoms with Crippen LogP contribution < -0.4 is 0 Å². The molecule has 0 aromatic carbocycles. The number of hydrogen-bond acceptors (Lipinski definition) is 24. The Bertz CT molecular complexity index is 2230. The predicted molar refractivity (Wildman–Crippen MR) is 268 cm³/mol.